The number of hydrogen-bond acceptors (Lipinski definition) is 4. The average molecular weight is 213 g/mol. The number of hydrogen-bond donors (Lipinski definition) is 1. The lowest BCUT2D eigenvalue weighted by Gasteiger charge is -2.35. The fourth-order valence-corrected chi connectivity index (χ4v) is 2.71. The van der Waals surface area contributed by atoms with Crippen molar-refractivity contribution in [1.82, 2.24) is 0 Å². The number of rotatable bonds is 2. The Bertz CT molecular complexity index is 246. The van der Waals surface area contributed by atoms with E-state index in [-0.39, 0.29) is 17.5 Å². The van der Waals surface area contributed by atoms with E-state index in [1.807, 2.05) is 0 Å². The molecule has 1 heterocycles. The summed E-state index contributed by atoms with van der Waals surface area (Å²) in [4.78, 5) is 11.5. The molecule has 0 radical (unpaired) electrons. The Labute approximate surface area is 90.1 Å². The highest BCUT2D eigenvalue weighted by Gasteiger charge is 2.47. The van der Waals surface area contributed by atoms with Crippen LogP contribution in [0.2, 0.25) is 0 Å². The molecule has 1 unspecified atom stereocenters. The molecular weight excluding hydrogens is 194 g/mol. The molecule has 2 rings (SSSR count). The van der Waals surface area contributed by atoms with Crippen molar-refractivity contribution in [2.45, 2.75) is 43.8 Å². The second kappa shape index (κ2) is 4.10. The van der Waals surface area contributed by atoms with Crippen LogP contribution in [0.1, 0.15) is 32.1 Å². The van der Waals surface area contributed by atoms with Gasteiger partial charge in [-0.05, 0) is 25.7 Å². The largest absolute Gasteiger partial charge is 0.459 e. The van der Waals surface area contributed by atoms with Gasteiger partial charge in [-0.25, -0.2) is 0 Å². The van der Waals surface area contributed by atoms with Gasteiger partial charge in [0.2, 0.25) is 0 Å². The number of ether oxygens (including phenoxy) is 2. The van der Waals surface area contributed by atoms with Crippen LogP contribution in [0, 0.1) is 5.92 Å². The van der Waals surface area contributed by atoms with Gasteiger partial charge in [-0.15, -0.1) is 0 Å². The molecule has 15 heavy (non-hydrogen) atoms. The standard InChI is InChI=1S/C11H19NO3/c1-14-9-2-4-11(5-3-9)6-8(7-12)10(13)15-11/h8-9H,2-7,12H2,1H3. The maximum Gasteiger partial charge on any atom is 0.310 e. The third-order valence-electron chi connectivity index (χ3n) is 3.73. The first-order valence-electron chi connectivity index (χ1n) is 5.65. The summed E-state index contributed by atoms with van der Waals surface area (Å²) in [5.74, 6) is -0.183. The molecule has 1 aliphatic carbocycles. The van der Waals surface area contributed by atoms with E-state index >= 15 is 0 Å². The van der Waals surface area contributed by atoms with E-state index in [9.17, 15) is 4.79 Å². The summed E-state index contributed by atoms with van der Waals surface area (Å²) in [6, 6.07) is 0. The summed E-state index contributed by atoms with van der Waals surface area (Å²) in [5.41, 5.74) is 5.33. The molecule has 4 nitrogen and oxygen atoms in total. The monoisotopic (exact) mass is 213 g/mol. The van der Waals surface area contributed by atoms with Crippen molar-refractivity contribution in [2.75, 3.05) is 13.7 Å². The van der Waals surface area contributed by atoms with Gasteiger partial charge in [-0.2, -0.15) is 0 Å². The Hall–Kier alpha value is -0.610. The van der Waals surface area contributed by atoms with E-state index in [2.05, 4.69) is 0 Å². The highest BCUT2D eigenvalue weighted by Crippen LogP contribution is 2.42. The zero-order valence-corrected chi connectivity index (χ0v) is 9.20. The first-order chi connectivity index (χ1) is 7.19. The molecule has 2 N–H and O–H groups in total. The molecule has 0 amide bonds. The molecule has 0 aromatic rings. The van der Waals surface area contributed by atoms with E-state index in [0.717, 1.165) is 32.1 Å². The van der Waals surface area contributed by atoms with E-state index in [1.165, 1.54) is 0 Å². The zero-order valence-electron chi connectivity index (χ0n) is 9.20. The van der Waals surface area contributed by atoms with E-state index in [0.29, 0.717) is 12.6 Å². The van der Waals surface area contributed by atoms with Crippen molar-refractivity contribution in [3.8, 4) is 0 Å². The molecule has 86 valence electrons. The number of carbonyl (C=O) groups is 1. The topological polar surface area (TPSA) is 61.5 Å². The number of nitrogens with two attached hydrogens (primary N) is 1. The zero-order chi connectivity index (χ0) is 10.9. The van der Waals surface area contributed by atoms with Crippen LogP contribution in [0.25, 0.3) is 0 Å². The summed E-state index contributed by atoms with van der Waals surface area (Å²) in [6.07, 6.45) is 4.97. The van der Waals surface area contributed by atoms with Crippen molar-refractivity contribution < 1.29 is 14.3 Å². The summed E-state index contributed by atoms with van der Waals surface area (Å²) < 4.78 is 10.8. The minimum absolute atomic E-state index is 0.0795. The Kier molecular flexibility index (Phi) is 2.98. The normalized spacial score (nSPS) is 40.8. The third kappa shape index (κ3) is 2.01. The van der Waals surface area contributed by atoms with Gasteiger partial charge in [0.15, 0.2) is 0 Å². The van der Waals surface area contributed by atoms with Crippen molar-refractivity contribution in [1.29, 1.82) is 0 Å². The molecule has 1 spiro atoms. The average Bonchev–Trinajstić information content (AvgIpc) is 2.56. The van der Waals surface area contributed by atoms with E-state index in [1.54, 1.807) is 7.11 Å². The fourth-order valence-electron chi connectivity index (χ4n) is 2.71. The van der Waals surface area contributed by atoms with Gasteiger partial charge in [-0.3, -0.25) is 4.79 Å². The van der Waals surface area contributed by atoms with E-state index < -0.39 is 0 Å². The van der Waals surface area contributed by atoms with Gasteiger partial charge in [0, 0.05) is 20.1 Å². The predicted octanol–water partition coefficient (Wildman–Crippen LogP) is 0.836. The van der Waals surface area contributed by atoms with Crippen molar-refractivity contribution in [3.63, 3.8) is 0 Å². The number of carbonyl (C=O) groups excluding carboxylic acids is 1. The van der Waals surface area contributed by atoms with Crippen LogP contribution in [0.5, 0.6) is 0 Å². The van der Waals surface area contributed by atoms with Gasteiger partial charge < -0.3 is 15.2 Å². The lowest BCUT2D eigenvalue weighted by molar-refractivity contribution is -0.154. The Morgan fingerprint density at radius 2 is 2.20 bits per heavy atom. The molecule has 1 saturated carbocycles. The minimum atomic E-state index is -0.212. The SMILES string of the molecule is COC1CCC2(CC1)CC(CN)C(=O)O2. The van der Waals surface area contributed by atoms with Crippen LogP contribution >= 0.6 is 0 Å². The van der Waals surface area contributed by atoms with Crippen LogP contribution in [-0.2, 0) is 14.3 Å². The molecule has 2 aliphatic rings. The predicted molar refractivity (Wildman–Crippen MR) is 55.2 cm³/mol. The molecule has 2 fully saturated rings. The second-order valence-electron chi connectivity index (χ2n) is 4.68. The summed E-state index contributed by atoms with van der Waals surface area (Å²) in [5, 5.41) is 0. The van der Waals surface area contributed by atoms with Gasteiger partial charge >= 0.3 is 5.97 Å². The molecule has 0 aromatic carbocycles. The lowest BCUT2D eigenvalue weighted by Crippen LogP contribution is -2.36. The van der Waals surface area contributed by atoms with Gasteiger partial charge in [0.25, 0.3) is 0 Å². The summed E-state index contributed by atoms with van der Waals surface area (Å²) >= 11 is 0. The van der Waals surface area contributed by atoms with E-state index in [4.69, 9.17) is 15.2 Å². The Morgan fingerprint density at radius 1 is 1.53 bits per heavy atom. The maximum atomic E-state index is 11.5. The molecule has 1 saturated heterocycles. The van der Waals surface area contributed by atoms with Crippen LogP contribution in [0.3, 0.4) is 0 Å². The molecule has 0 bridgehead atoms. The first kappa shape index (κ1) is 10.9. The van der Waals surface area contributed by atoms with Crippen molar-refractivity contribution in [3.05, 3.63) is 0 Å². The first-order valence-corrected chi connectivity index (χ1v) is 5.65. The summed E-state index contributed by atoms with van der Waals surface area (Å²) in [7, 11) is 1.74. The van der Waals surface area contributed by atoms with Gasteiger partial charge in [-0.1, -0.05) is 0 Å². The highest BCUT2D eigenvalue weighted by atomic mass is 16.6. The minimum Gasteiger partial charge on any atom is -0.459 e. The lowest BCUT2D eigenvalue weighted by atomic mass is 9.79. The Balaban J connectivity index is 1.97. The second-order valence-corrected chi connectivity index (χ2v) is 4.68. The number of methoxy groups -OCH3 is 1. The van der Waals surface area contributed by atoms with Gasteiger partial charge in [0.05, 0.1) is 12.0 Å². The van der Waals surface area contributed by atoms with Crippen LogP contribution in [0.4, 0.5) is 0 Å². The molecule has 1 aliphatic heterocycles. The smallest absolute Gasteiger partial charge is 0.310 e. The molecule has 4 heteroatoms. The molecular formula is C11H19NO3. The maximum absolute atomic E-state index is 11.5. The third-order valence-corrected chi connectivity index (χ3v) is 3.73. The van der Waals surface area contributed by atoms with Gasteiger partial charge in [0.1, 0.15) is 5.60 Å². The summed E-state index contributed by atoms with van der Waals surface area (Å²) in [6.45, 7) is 0.411. The van der Waals surface area contributed by atoms with Crippen molar-refractivity contribution >= 4 is 5.97 Å². The Morgan fingerprint density at radius 3 is 2.67 bits per heavy atom. The quantitative estimate of drug-likeness (QED) is 0.690. The van der Waals surface area contributed by atoms with Crippen LogP contribution in [-0.4, -0.2) is 31.3 Å². The number of esters is 1. The van der Waals surface area contributed by atoms with Crippen molar-refractivity contribution in [2.24, 2.45) is 11.7 Å². The van der Waals surface area contributed by atoms with Crippen LogP contribution in [0.15, 0.2) is 0 Å². The van der Waals surface area contributed by atoms with Crippen LogP contribution < -0.4 is 5.73 Å². The molecule has 0 aromatic heterocycles. The highest BCUT2D eigenvalue weighted by molar-refractivity contribution is 5.75. The molecule has 1 atom stereocenters. The fraction of sp³-hybridized carbons (Fsp3) is 0.909.